The van der Waals surface area contributed by atoms with Gasteiger partial charge in [0.1, 0.15) is 11.6 Å². The van der Waals surface area contributed by atoms with Crippen LogP contribution in [0, 0.1) is 11.3 Å². The number of nitriles is 1. The van der Waals surface area contributed by atoms with Crippen molar-refractivity contribution in [2.75, 3.05) is 12.4 Å². The lowest BCUT2D eigenvalue weighted by atomic mass is 10.1. The number of carboxylic acid groups (broad SMARTS) is 1. The van der Waals surface area contributed by atoms with Crippen LogP contribution in [0.3, 0.4) is 0 Å². The Morgan fingerprint density at radius 3 is 2.46 bits per heavy atom. The highest BCUT2D eigenvalue weighted by atomic mass is 16.5. The second kappa shape index (κ2) is 9.54. The van der Waals surface area contributed by atoms with E-state index < -0.39 is 17.8 Å². The van der Waals surface area contributed by atoms with Crippen LogP contribution in [0.2, 0.25) is 0 Å². The third kappa shape index (κ3) is 5.44. The average molecular weight is 379 g/mol. The predicted molar refractivity (Wildman–Crippen MR) is 100 cm³/mol. The molecule has 0 aromatic heterocycles. The zero-order chi connectivity index (χ0) is 20.5. The molecule has 8 nitrogen and oxygen atoms in total. The van der Waals surface area contributed by atoms with Gasteiger partial charge in [-0.05, 0) is 35.9 Å². The Labute approximate surface area is 161 Å². The number of nitrogens with zero attached hydrogens (tertiary/aromatic N) is 1. The number of carbonyl (C=O) groups excluding carboxylic acids is 2. The largest absolute Gasteiger partial charge is 0.478 e. The lowest BCUT2D eigenvalue weighted by Gasteiger charge is -2.06. The fourth-order valence-electron chi connectivity index (χ4n) is 2.22. The minimum absolute atomic E-state index is 0.0220. The summed E-state index contributed by atoms with van der Waals surface area (Å²) in [7, 11) is 1.30. The highest BCUT2D eigenvalue weighted by Crippen LogP contribution is 2.12. The maximum absolute atomic E-state index is 12.2. The van der Waals surface area contributed by atoms with Crippen LogP contribution in [0.25, 0.3) is 0 Å². The van der Waals surface area contributed by atoms with Gasteiger partial charge < -0.3 is 20.5 Å². The molecule has 0 saturated carbocycles. The summed E-state index contributed by atoms with van der Waals surface area (Å²) in [5.41, 5.74) is 1.36. The molecule has 0 fully saturated rings. The van der Waals surface area contributed by atoms with Gasteiger partial charge in [-0.2, -0.15) is 5.26 Å². The summed E-state index contributed by atoms with van der Waals surface area (Å²) in [6.07, 6.45) is 1.27. The molecule has 0 saturated heterocycles. The van der Waals surface area contributed by atoms with Crippen molar-refractivity contribution >= 4 is 23.5 Å². The summed E-state index contributed by atoms with van der Waals surface area (Å²) in [5, 5.41) is 23.5. The number of esters is 1. The van der Waals surface area contributed by atoms with Gasteiger partial charge in [0.05, 0.1) is 18.2 Å². The molecule has 0 aliphatic heterocycles. The number of ether oxygens (including phenoxy) is 1. The molecule has 0 bridgehead atoms. The molecule has 0 heterocycles. The number of hydrogen-bond donors (Lipinski definition) is 3. The quantitative estimate of drug-likeness (QED) is 0.382. The number of carbonyl (C=O) groups is 3. The SMILES string of the molecule is COC(=O)c1ccc(CN/C=C(/C#N)C(=O)Nc2cccc(C(=O)O)c2)cc1. The molecule has 1 amide bonds. The molecule has 28 heavy (non-hydrogen) atoms. The van der Waals surface area contributed by atoms with Gasteiger partial charge in [0, 0.05) is 18.4 Å². The fourth-order valence-corrected chi connectivity index (χ4v) is 2.22. The molecule has 0 aliphatic carbocycles. The van der Waals surface area contributed by atoms with Crippen molar-refractivity contribution in [3.05, 3.63) is 77.0 Å². The van der Waals surface area contributed by atoms with Gasteiger partial charge in [-0.15, -0.1) is 0 Å². The van der Waals surface area contributed by atoms with Gasteiger partial charge in [0.25, 0.3) is 5.91 Å². The third-order valence-electron chi connectivity index (χ3n) is 3.66. The molecule has 0 unspecified atom stereocenters. The maximum atomic E-state index is 12.2. The van der Waals surface area contributed by atoms with Crippen LogP contribution in [0.15, 0.2) is 60.3 Å². The van der Waals surface area contributed by atoms with Gasteiger partial charge in [-0.25, -0.2) is 9.59 Å². The number of rotatable bonds is 7. The maximum Gasteiger partial charge on any atom is 0.337 e. The Morgan fingerprint density at radius 2 is 1.86 bits per heavy atom. The lowest BCUT2D eigenvalue weighted by molar-refractivity contribution is -0.112. The zero-order valence-corrected chi connectivity index (χ0v) is 14.9. The number of carboxylic acids is 1. The number of aromatic carboxylic acids is 1. The van der Waals surface area contributed by atoms with Crippen molar-refractivity contribution in [2.45, 2.75) is 6.54 Å². The normalized spacial score (nSPS) is 10.5. The molecule has 0 atom stereocenters. The summed E-state index contributed by atoms with van der Waals surface area (Å²) in [5.74, 6) is -2.22. The minimum Gasteiger partial charge on any atom is -0.478 e. The van der Waals surface area contributed by atoms with E-state index in [9.17, 15) is 19.6 Å². The number of hydrogen-bond acceptors (Lipinski definition) is 6. The first-order chi connectivity index (χ1) is 13.4. The van der Waals surface area contributed by atoms with E-state index in [2.05, 4.69) is 15.4 Å². The first-order valence-electron chi connectivity index (χ1n) is 8.10. The van der Waals surface area contributed by atoms with Crippen molar-refractivity contribution in [2.24, 2.45) is 0 Å². The van der Waals surface area contributed by atoms with E-state index in [1.54, 1.807) is 30.3 Å². The molecule has 0 spiro atoms. The van der Waals surface area contributed by atoms with Gasteiger partial charge in [-0.1, -0.05) is 18.2 Å². The molecule has 2 rings (SSSR count). The number of anilines is 1. The molecule has 0 radical (unpaired) electrons. The summed E-state index contributed by atoms with van der Waals surface area (Å²) >= 11 is 0. The molecule has 142 valence electrons. The second-order valence-corrected chi connectivity index (χ2v) is 5.58. The molecular weight excluding hydrogens is 362 g/mol. The van der Waals surface area contributed by atoms with Crippen molar-refractivity contribution in [1.82, 2.24) is 5.32 Å². The van der Waals surface area contributed by atoms with Crippen LogP contribution in [-0.4, -0.2) is 30.1 Å². The van der Waals surface area contributed by atoms with E-state index in [0.29, 0.717) is 12.1 Å². The lowest BCUT2D eigenvalue weighted by Crippen LogP contribution is -2.17. The van der Waals surface area contributed by atoms with Crippen LogP contribution in [0.4, 0.5) is 5.69 Å². The van der Waals surface area contributed by atoms with E-state index in [4.69, 9.17) is 5.11 Å². The molecule has 0 aliphatic rings. The van der Waals surface area contributed by atoms with Gasteiger partial charge in [0.15, 0.2) is 0 Å². The average Bonchev–Trinajstić information content (AvgIpc) is 2.71. The second-order valence-electron chi connectivity index (χ2n) is 5.58. The van der Waals surface area contributed by atoms with Crippen molar-refractivity contribution in [3.8, 4) is 6.07 Å². The van der Waals surface area contributed by atoms with Crippen LogP contribution in [0.5, 0.6) is 0 Å². The Hall–Kier alpha value is -4.12. The Bertz CT molecular complexity index is 959. The number of amides is 1. The first-order valence-corrected chi connectivity index (χ1v) is 8.10. The third-order valence-corrected chi connectivity index (χ3v) is 3.66. The van der Waals surface area contributed by atoms with Crippen LogP contribution >= 0.6 is 0 Å². The predicted octanol–water partition coefficient (Wildman–Crippen LogP) is 2.31. The topological polar surface area (TPSA) is 129 Å². The van der Waals surface area contributed by atoms with E-state index in [-0.39, 0.29) is 16.8 Å². The Morgan fingerprint density at radius 1 is 1.14 bits per heavy atom. The summed E-state index contributed by atoms with van der Waals surface area (Å²) in [4.78, 5) is 34.5. The van der Waals surface area contributed by atoms with Gasteiger partial charge in [0.2, 0.25) is 0 Å². The van der Waals surface area contributed by atoms with Crippen molar-refractivity contribution in [3.63, 3.8) is 0 Å². The monoisotopic (exact) mass is 379 g/mol. The smallest absolute Gasteiger partial charge is 0.337 e. The van der Waals surface area contributed by atoms with Crippen molar-refractivity contribution < 1.29 is 24.2 Å². The summed E-state index contributed by atoms with van der Waals surface area (Å²) in [6, 6.07) is 14.2. The van der Waals surface area contributed by atoms with E-state index in [1.807, 2.05) is 0 Å². The van der Waals surface area contributed by atoms with E-state index >= 15 is 0 Å². The zero-order valence-electron chi connectivity index (χ0n) is 14.9. The van der Waals surface area contributed by atoms with Crippen molar-refractivity contribution in [1.29, 1.82) is 5.26 Å². The Balaban J connectivity index is 1.98. The summed E-state index contributed by atoms with van der Waals surface area (Å²) < 4.78 is 4.62. The van der Waals surface area contributed by atoms with Crippen LogP contribution < -0.4 is 10.6 Å². The highest BCUT2D eigenvalue weighted by molar-refractivity contribution is 6.06. The van der Waals surface area contributed by atoms with Gasteiger partial charge in [-0.3, -0.25) is 4.79 Å². The first kappa shape index (κ1) is 20.2. The highest BCUT2D eigenvalue weighted by Gasteiger charge is 2.11. The fraction of sp³-hybridized carbons (Fsp3) is 0.100. The standard InChI is InChI=1S/C20H17N3O5/c1-28-20(27)14-7-5-13(6-8-14)11-22-12-16(10-21)18(24)23-17-4-2-3-15(9-17)19(25)26/h2-9,12,22H,11H2,1H3,(H,23,24)(H,25,26)/b16-12-. The molecule has 2 aromatic rings. The number of benzene rings is 2. The molecule has 2 aromatic carbocycles. The van der Waals surface area contributed by atoms with E-state index in [0.717, 1.165) is 5.56 Å². The van der Waals surface area contributed by atoms with E-state index in [1.165, 1.54) is 37.6 Å². The van der Waals surface area contributed by atoms with Crippen LogP contribution in [-0.2, 0) is 16.1 Å². The number of methoxy groups -OCH3 is 1. The number of nitrogens with one attached hydrogen (secondary N) is 2. The molecule has 8 heteroatoms. The summed E-state index contributed by atoms with van der Waals surface area (Å²) in [6.45, 7) is 0.328. The van der Waals surface area contributed by atoms with Gasteiger partial charge >= 0.3 is 11.9 Å². The molecular formula is C20H17N3O5. The van der Waals surface area contributed by atoms with Crippen LogP contribution in [0.1, 0.15) is 26.3 Å². The molecule has 3 N–H and O–H groups in total. The Kier molecular flexibility index (Phi) is 6.88. The minimum atomic E-state index is -1.12.